The van der Waals surface area contributed by atoms with E-state index >= 15 is 0 Å². The summed E-state index contributed by atoms with van der Waals surface area (Å²) in [6.45, 7) is 3.20. The molecule has 1 saturated heterocycles. The summed E-state index contributed by atoms with van der Waals surface area (Å²) in [5.74, 6) is 0.815. The standard InChI is InChI=1S/C16H21N3O2S/c20-15(7-6-14-5-4-10-21-14)18-16-17-13(12-22-16)11-19-8-2-1-3-9-19/h4-5,10,12H,1-3,6-9,11H2,(H,17,18,20). The van der Waals surface area contributed by atoms with E-state index in [9.17, 15) is 4.79 Å². The summed E-state index contributed by atoms with van der Waals surface area (Å²) in [6, 6.07) is 3.72. The number of furan rings is 1. The van der Waals surface area contributed by atoms with E-state index in [4.69, 9.17) is 4.42 Å². The number of piperidine rings is 1. The Bertz CT molecular complexity index is 588. The van der Waals surface area contributed by atoms with E-state index in [0.717, 1.165) is 31.1 Å². The highest BCUT2D eigenvalue weighted by atomic mass is 32.1. The van der Waals surface area contributed by atoms with Crippen LogP contribution in [0, 0.1) is 0 Å². The molecule has 2 aromatic heterocycles. The van der Waals surface area contributed by atoms with Crippen LogP contribution in [0.4, 0.5) is 5.13 Å². The zero-order chi connectivity index (χ0) is 15.2. The number of amides is 1. The molecule has 6 heteroatoms. The maximum atomic E-state index is 11.9. The highest BCUT2D eigenvalue weighted by Crippen LogP contribution is 2.19. The lowest BCUT2D eigenvalue weighted by Crippen LogP contribution is -2.29. The number of hydrogen-bond donors (Lipinski definition) is 1. The van der Waals surface area contributed by atoms with Gasteiger partial charge in [0.1, 0.15) is 5.76 Å². The Hall–Kier alpha value is -1.66. The van der Waals surface area contributed by atoms with Gasteiger partial charge in [-0.1, -0.05) is 6.42 Å². The molecule has 0 unspecified atom stereocenters. The maximum absolute atomic E-state index is 11.9. The molecular formula is C16H21N3O2S. The molecule has 3 heterocycles. The van der Waals surface area contributed by atoms with Crippen LogP contribution in [0.2, 0.25) is 0 Å². The molecular weight excluding hydrogens is 298 g/mol. The summed E-state index contributed by atoms with van der Waals surface area (Å²) in [7, 11) is 0. The van der Waals surface area contributed by atoms with Gasteiger partial charge < -0.3 is 9.73 Å². The van der Waals surface area contributed by atoms with Gasteiger partial charge in [-0.25, -0.2) is 4.98 Å². The van der Waals surface area contributed by atoms with Crippen molar-refractivity contribution in [3.8, 4) is 0 Å². The SMILES string of the molecule is O=C(CCc1ccco1)Nc1nc(CN2CCCCC2)cs1. The summed E-state index contributed by atoms with van der Waals surface area (Å²) < 4.78 is 5.22. The van der Waals surface area contributed by atoms with Crippen LogP contribution in [0.1, 0.15) is 37.1 Å². The first kappa shape index (κ1) is 15.2. The average molecular weight is 319 g/mol. The summed E-state index contributed by atoms with van der Waals surface area (Å²) in [5.41, 5.74) is 1.05. The average Bonchev–Trinajstić information content (AvgIpc) is 3.18. The van der Waals surface area contributed by atoms with Crippen LogP contribution < -0.4 is 5.32 Å². The van der Waals surface area contributed by atoms with E-state index in [-0.39, 0.29) is 5.91 Å². The summed E-state index contributed by atoms with van der Waals surface area (Å²) in [6.07, 6.45) is 6.55. The summed E-state index contributed by atoms with van der Waals surface area (Å²) >= 11 is 1.50. The fraction of sp³-hybridized carbons (Fsp3) is 0.500. The van der Waals surface area contributed by atoms with E-state index in [1.165, 1.54) is 30.6 Å². The lowest BCUT2D eigenvalue weighted by Gasteiger charge is -2.25. The van der Waals surface area contributed by atoms with Crippen molar-refractivity contribution in [2.24, 2.45) is 0 Å². The second-order valence-corrected chi connectivity index (χ2v) is 6.47. The zero-order valence-electron chi connectivity index (χ0n) is 12.6. The Morgan fingerprint density at radius 1 is 1.36 bits per heavy atom. The first-order valence-corrected chi connectivity index (χ1v) is 8.66. The van der Waals surface area contributed by atoms with Gasteiger partial charge in [-0.05, 0) is 38.1 Å². The van der Waals surface area contributed by atoms with Gasteiger partial charge in [-0.2, -0.15) is 0 Å². The Labute approximate surface area is 134 Å². The number of anilines is 1. The molecule has 1 fully saturated rings. The molecule has 5 nitrogen and oxygen atoms in total. The van der Waals surface area contributed by atoms with Crippen LogP contribution in [0.5, 0.6) is 0 Å². The summed E-state index contributed by atoms with van der Waals surface area (Å²) in [5, 5.41) is 5.60. The fourth-order valence-electron chi connectivity index (χ4n) is 2.66. The van der Waals surface area contributed by atoms with Crippen LogP contribution in [-0.4, -0.2) is 28.9 Å². The van der Waals surface area contributed by atoms with Crippen molar-refractivity contribution in [1.29, 1.82) is 0 Å². The summed E-state index contributed by atoms with van der Waals surface area (Å²) in [4.78, 5) is 18.9. The number of aromatic nitrogens is 1. The number of hydrogen-bond acceptors (Lipinski definition) is 5. The van der Waals surface area contributed by atoms with Crippen molar-refractivity contribution in [1.82, 2.24) is 9.88 Å². The van der Waals surface area contributed by atoms with Crippen molar-refractivity contribution in [2.75, 3.05) is 18.4 Å². The van der Waals surface area contributed by atoms with Crippen molar-refractivity contribution in [3.63, 3.8) is 0 Å². The lowest BCUT2D eigenvalue weighted by atomic mass is 10.1. The largest absolute Gasteiger partial charge is 0.469 e. The van der Waals surface area contributed by atoms with Gasteiger partial charge in [0.15, 0.2) is 5.13 Å². The Balaban J connectivity index is 1.45. The van der Waals surface area contributed by atoms with E-state index in [1.54, 1.807) is 6.26 Å². The van der Waals surface area contributed by atoms with Gasteiger partial charge in [-0.15, -0.1) is 11.3 Å². The minimum absolute atomic E-state index is 0.0183. The van der Waals surface area contributed by atoms with E-state index in [2.05, 4.69) is 15.2 Å². The monoisotopic (exact) mass is 319 g/mol. The van der Waals surface area contributed by atoms with Gasteiger partial charge in [0.05, 0.1) is 12.0 Å². The molecule has 1 N–H and O–H groups in total. The predicted molar refractivity (Wildman–Crippen MR) is 86.9 cm³/mol. The number of rotatable bonds is 6. The van der Waals surface area contributed by atoms with Gasteiger partial charge in [0.25, 0.3) is 0 Å². The molecule has 0 aromatic carbocycles. The lowest BCUT2D eigenvalue weighted by molar-refractivity contribution is -0.116. The molecule has 0 saturated carbocycles. The Kier molecular flexibility index (Phi) is 5.24. The second kappa shape index (κ2) is 7.56. The minimum atomic E-state index is -0.0183. The van der Waals surface area contributed by atoms with Gasteiger partial charge in [0.2, 0.25) is 5.91 Å². The van der Waals surface area contributed by atoms with E-state index < -0.39 is 0 Å². The number of nitrogens with one attached hydrogen (secondary N) is 1. The molecule has 3 rings (SSSR count). The van der Waals surface area contributed by atoms with E-state index in [1.807, 2.05) is 17.5 Å². The molecule has 0 bridgehead atoms. The number of carbonyl (C=O) groups excluding carboxylic acids is 1. The molecule has 1 amide bonds. The molecule has 0 radical (unpaired) electrons. The van der Waals surface area contributed by atoms with Crippen LogP contribution >= 0.6 is 11.3 Å². The second-order valence-electron chi connectivity index (χ2n) is 5.61. The molecule has 0 spiro atoms. The van der Waals surface area contributed by atoms with Gasteiger partial charge >= 0.3 is 0 Å². The van der Waals surface area contributed by atoms with Crippen molar-refractivity contribution >= 4 is 22.4 Å². The molecule has 1 aliphatic heterocycles. The molecule has 118 valence electrons. The minimum Gasteiger partial charge on any atom is -0.469 e. The first-order valence-electron chi connectivity index (χ1n) is 7.78. The number of nitrogens with zero attached hydrogens (tertiary/aromatic N) is 2. The van der Waals surface area contributed by atoms with Crippen molar-refractivity contribution in [3.05, 3.63) is 35.2 Å². The van der Waals surface area contributed by atoms with Gasteiger partial charge in [0, 0.05) is 24.8 Å². The molecule has 0 atom stereocenters. The van der Waals surface area contributed by atoms with Crippen LogP contribution in [0.3, 0.4) is 0 Å². The third-order valence-electron chi connectivity index (χ3n) is 3.81. The van der Waals surface area contributed by atoms with Crippen LogP contribution in [-0.2, 0) is 17.8 Å². The number of aryl methyl sites for hydroxylation is 1. The Morgan fingerprint density at radius 2 is 2.23 bits per heavy atom. The number of carbonyl (C=O) groups is 1. The van der Waals surface area contributed by atoms with Crippen molar-refractivity contribution in [2.45, 2.75) is 38.6 Å². The highest BCUT2D eigenvalue weighted by Gasteiger charge is 2.13. The van der Waals surface area contributed by atoms with Crippen LogP contribution in [0.15, 0.2) is 28.2 Å². The predicted octanol–water partition coefficient (Wildman–Crippen LogP) is 3.29. The first-order chi connectivity index (χ1) is 10.8. The van der Waals surface area contributed by atoms with Crippen LogP contribution in [0.25, 0.3) is 0 Å². The molecule has 22 heavy (non-hydrogen) atoms. The van der Waals surface area contributed by atoms with Gasteiger partial charge in [-0.3, -0.25) is 9.69 Å². The van der Waals surface area contributed by atoms with Crippen molar-refractivity contribution < 1.29 is 9.21 Å². The quantitative estimate of drug-likeness (QED) is 0.887. The fourth-order valence-corrected chi connectivity index (χ4v) is 3.37. The number of thiazole rings is 1. The normalized spacial score (nSPS) is 15.8. The third-order valence-corrected chi connectivity index (χ3v) is 4.62. The highest BCUT2D eigenvalue weighted by molar-refractivity contribution is 7.13. The topological polar surface area (TPSA) is 58.4 Å². The smallest absolute Gasteiger partial charge is 0.226 e. The Morgan fingerprint density at radius 3 is 3.00 bits per heavy atom. The third kappa shape index (κ3) is 4.42. The molecule has 1 aliphatic rings. The molecule has 2 aromatic rings. The molecule has 0 aliphatic carbocycles. The zero-order valence-corrected chi connectivity index (χ0v) is 13.4. The maximum Gasteiger partial charge on any atom is 0.226 e. The van der Waals surface area contributed by atoms with E-state index in [0.29, 0.717) is 18.0 Å². The number of likely N-dealkylation sites (tertiary alicyclic amines) is 1.